The highest BCUT2D eigenvalue weighted by atomic mass is 16.5. The number of carbonyl (C=O) groups excluding carboxylic acids is 1. The van der Waals surface area contributed by atoms with Gasteiger partial charge in [-0.3, -0.25) is 0 Å². The van der Waals surface area contributed by atoms with E-state index >= 15 is 0 Å². The van der Waals surface area contributed by atoms with Gasteiger partial charge in [0.15, 0.2) is 5.69 Å². The number of aromatic nitrogens is 1. The van der Waals surface area contributed by atoms with Crippen LogP contribution in [0.2, 0.25) is 0 Å². The summed E-state index contributed by atoms with van der Waals surface area (Å²) in [5, 5.41) is 3.42. The number of hydrogen-bond donors (Lipinski definition) is 1. The number of nitrogens with one attached hydrogen (secondary N) is 1. The summed E-state index contributed by atoms with van der Waals surface area (Å²) in [5.41, 5.74) is 0.249. The molecule has 6 heteroatoms. The summed E-state index contributed by atoms with van der Waals surface area (Å²) in [6.07, 6.45) is 1.38. The highest BCUT2D eigenvalue weighted by Crippen LogP contribution is 2.35. The lowest BCUT2D eigenvalue weighted by molar-refractivity contribution is 0.0519. The Balaban J connectivity index is 1.75. The van der Waals surface area contributed by atoms with E-state index in [-0.39, 0.29) is 5.69 Å². The van der Waals surface area contributed by atoms with Crippen molar-refractivity contribution in [1.29, 1.82) is 0 Å². The van der Waals surface area contributed by atoms with E-state index in [1.165, 1.54) is 6.26 Å². The van der Waals surface area contributed by atoms with Crippen LogP contribution in [0, 0.1) is 11.8 Å². The van der Waals surface area contributed by atoms with Crippen LogP contribution in [0.15, 0.2) is 10.7 Å². The van der Waals surface area contributed by atoms with Gasteiger partial charge in [-0.15, -0.1) is 0 Å². The predicted octanol–water partition coefficient (Wildman–Crippen LogP) is 0.895. The highest BCUT2D eigenvalue weighted by molar-refractivity contribution is 5.87. The predicted molar refractivity (Wildman–Crippen MR) is 69.1 cm³/mol. The zero-order valence-corrected chi connectivity index (χ0v) is 11.3. The zero-order chi connectivity index (χ0) is 13.4. The fraction of sp³-hybridized carbons (Fsp3) is 0.692. The third kappa shape index (κ3) is 2.10. The van der Waals surface area contributed by atoms with Gasteiger partial charge in [0.2, 0.25) is 0 Å². The van der Waals surface area contributed by atoms with Crippen LogP contribution in [0.25, 0.3) is 0 Å². The second kappa shape index (κ2) is 4.85. The average molecular weight is 265 g/mol. The van der Waals surface area contributed by atoms with E-state index in [0.717, 1.165) is 19.6 Å². The van der Waals surface area contributed by atoms with Crippen molar-refractivity contribution in [3.8, 4) is 0 Å². The van der Waals surface area contributed by atoms with E-state index < -0.39 is 5.97 Å². The molecule has 1 N–H and O–H groups in total. The van der Waals surface area contributed by atoms with E-state index in [4.69, 9.17) is 9.15 Å². The molecule has 2 saturated heterocycles. The van der Waals surface area contributed by atoms with E-state index in [0.29, 0.717) is 30.5 Å². The van der Waals surface area contributed by atoms with E-state index in [1.807, 2.05) is 0 Å². The molecule has 1 aromatic heterocycles. The summed E-state index contributed by atoms with van der Waals surface area (Å²) in [4.78, 5) is 18.0. The number of ether oxygens (including phenoxy) is 1. The summed E-state index contributed by atoms with van der Waals surface area (Å²) in [6, 6.07) is 0.915. The molecular formula is C13H19N3O3. The Labute approximate surface area is 112 Å². The molecule has 0 amide bonds. The fourth-order valence-corrected chi connectivity index (χ4v) is 3.12. The Hall–Kier alpha value is -1.56. The molecule has 0 aliphatic carbocycles. The second-order valence-electron chi connectivity index (χ2n) is 5.21. The molecule has 2 fully saturated rings. The molecule has 6 nitrogen and oxygen atoms in total. The molecule has 2 aliphatic rings. The Morgan fingerprint density at radius 3 is 3.21 bits per heavy atom. The highest BCUT2D eigenvalue weighted by Gasteiger charge is 2.43. The van der Waals surface area contributed by atoms with Crippen LogP contribution in [0.4, 0.5) is 6.01 Å². The zero-order valence-electron chi connectivity index (χ0n) is 11.3. The lowest BCUT2D eigenvalue weighted by Gasteiger charge is -2.22. The van der Waals surface area contributed by atoms with Crippen molar-refractivity contribution >= 4 is 12.0 Å². The van der Waals surface area contributed by atoms with Gasteiger partial charge < -0.3 is 19.4 Å². The Kier molecular flexibility index (Phi) is 3.18. The molecule has 0 bridgehead atoms. The van der Waals surface area contributed by atoms with Crippen LogP contribution in [-0.2, 0) is 4.74 Å². The van der Waals surface area contributed by atoms with Crippen molar-refractivity contribution in [3.05, 3.63) is 12.0 Å². The first-order valence-corrected chi connectivity index (χ1v) is 6.80. The largest absolute Gasteiger partial charge is 0.461 e. The summed E-state index contributed by atoms with van der Waals surface area (Å²) in [6.45, 7) is 7.34. The summed E-state index contributed by atoms with van der Waals surface area (Å²) in [7, 11) is 0. The molecule has 0 spiro atoms. The maximum absolute atomic E-state index is 11.6. The number of oxazole rings is 1. The molecule has 104 valence electrons. The van der Waals surface area contributed by atoms with E-state index in [9.17, 15) is 4.79 Å². The number of esters is 1. The molecule has 0 aromatic carbocycles. The Morgan fingerprint density at radius 1 is 1.63 bits per heavy atom. The van der Waals surface area contributed by atoms with Gasteiger partial charge in [-0.2, -0.15) is 4.98 Å². The standard InChI is InChI=1S/C13H19N3O3/c1-3-18-12(17)11-7-19-13(15-11)16-6-9-4-14-5-10(9)8(16)2/h7-10,14H,3-6H2,1-2H3. The first-order chi connectivity index (χ1) is 9.20. The van der Waals surface area contributed by atoms with Crippen molar-refractivity contribution in [2.45, 2.75) is 19.9 Å². The second-order valence-corrected chi connectivity index (χ2v) is 5.21. The molecule has 3 atom stereocenters. The third-order valence-corrected chi connectivity index (χ3v) is 4.16. The number of rotatable bonds is 3. The number of nitrogens with zero attached hydrogens (tertiary/aromatic N) is 2. The number of anilines is 1. The minimum absolute atomic E-state index is 0.249. The SMILES string of the molecule is CCOC(=O)c1coc(N2CC3CNCC3C2C)n1. The monoisotopic (exact) mass is 265 g/mol. The third-order valence-electron chi connectivity index (χ3n) is 4.16. The smallest absolute Gasteiger partial charge is 0.360 e. The van der Waals surface area contributed by atoms with Crippen LogP contribution in [0.5, 0.6) is 0 Å². The lowest BCUT2D eigenvalue weighted by Crippen LogP contribution is -2.33. The molecule has 3 unspecified atom stereocenters. The van der Waals surface area contributed by atoms with Crippen LogP contribution in [0.3, 0.4) is 0 Å². The molecule has 3 rings (SSSR count). The summed E-state index contributed by atoms with van der Waals surface area (Å²) >= 11 is 0. The van der Waals surface area contributed by atoms with E-state index in [1.54, 1.807) is 6.92 Å². The Morgan fingerprint density at radius 2 is 2.47 bits per heavy atom. The van der Waals surface area contributed by atoms with Crippen molar-refractivity contribution in [3.63, 3.8) is 0 Å². The molecular weight excluding hydrogens is 246 g/mol. The molecule has 0 saturated carbocycles. The maximum atomic E-state index is 11.6. The van der Waals surface area contributed by atoms with Gasteiger partial charge in [-0.05, 0) is 25.7 Å². The average Bonchev–Trinajstić information content (AvgIpc) is 3.07. The minimum atomic E-state index is -0.425. The number of carbonyl (C=O) groups is 1. The van der Waals surface area contributed by atoms with Crippen molar-refractivity contribution in [2.24, 2.45) is 11.8 Å². The molecule has 3 heterocycles. The Bertz CT molecular complexity index is 473. The molecule has 2 aliphatic heterocycles. The van der Waals surface area contributed by atoms with Gasteiger partial charge in [0.1, 0.15) is 6.26 Å². The van der Waals surface area contributed by atoms with E-state index in [2.05, 4.69) is 22.1 Å². The van der Waals surface area contributed by atoms with Crippen LogP contribution < -0.4 is 10.2 Å². The molecule has 1 aromatic rings. The van der Waals surface area contributed by atoms with Crippen LogP contribution in [-0.4, -0.2) is 43.2 Å². The first kappa shape index (κ1) is 12.5. The van der Waals surface area contributed by atoms with Crippen molar-refractivity contribution in [2.75, 3.05) is 31.1 Å². The number of hydrogen-bond acceptors (Lipinski definition) is 6. The maximum Gasteiger partial charge on any atom is 0.360 e. The summed E-state index contributed by atoms with van der Waals surface area (Å²) < 4.78 is 10.4. The van der Waals surface area contributed by atoms with Crippen LogP contribution in [0.1, 0.15) is 24.3 Å². The molecule has 19 heavy (non-hydrogen) atoms. The van der Waals surface area contributed by atoms with Crippen molar-refractivity contribution < 1.29 is 13.9 Å². The minimum Gasteiger partial charge on any atom is -0.461 e. The number of fused-ring (bicyclic) bond motifs is 1. The first-order valence-electron chi connectivity index (χ1n) is 6.80. The topological polar surface area (TPSA) is 67.6 Å². The van der Waals surface area contributed by atoms with Gasteiger partial charge >= 0.3 is 5.97 Å². The fourth-order valence-electron chi connectivity index (χ4n) is 3.12. The van der Waals surface area contributed by atoms with Gasteiger partial charge in [0.05, 0.1) is 6.61 Å². The van der Waals surface area contributed by atoms with Gasteiger partial charge in [0.25, 0.3) is 6.01 Å². The molecule has 0 radical (unpaired) electrons. The van der Waals surface area contributed by atoms with Crippen molar-refractivity contribution in [1.82, 2.24) is 10.3 Å². The summed E-state index contributed by atoms with van der Waals surface area (Å²) in [5.74, 6) is 0.858. The normalized spacial score (nSPS) is 29.6. The van der Waals surface area contributed by atoms with Crippen LogP contribution >= 0.6 is 0 Å². The van der Waals surface area contributed by atoms with Gasteiger partial charge in [-0.25, -0.2) is 4.79 Å². The lowest BCUT2D eigenvalue weighted by atomic mass is 9.95. The quantitative estimate of drug-likeness (QED) is 0.819. The van der Waals surface area contributed by atoms with Gasteiger partial charge in [-0.1, -0.05) is 0 Å². The van der Waals surface area contributed by atoms with Gasteiger partial charge in [0, 0.05) is 25.7 Å².